The van der Waals surface area contributed by atoms with Crippen molar-refractivity contribution in [2.75, 3.05) is 0 Å². The van der Waals surface area contributed by atoms with E-state index in [-0.39, 0.29) is 0 Å². The molecule has 23 heavy (non-hydrogen) atoms. The van der Waals surface area contributed by atoms with Crippen LogP contribution < -0.4 is 0 Å². The average Bonchev–Trinajstić information content (AvgIpc) is 2.63. The summed E-state index contributed by atoms with van der Waals surface area (Å²) in [6.07, 6.45) is 20.0. The number of aliphatic imine (C=N–C) groups is 1. The quantitative estimate of drug-likeness (QED) is 0.582. The summed E-state index contributed by atoms with van der Waals surface area (Å²) < 4.78 is 0. The Bertz CT molecular complexity index is 396. The SMILES string of the molecule is O=C(CC(=NC1CCCCC1)C1CCCCC1)C1CCCCC1. The summed E-state index contributed by atoms with van der Waals surface area (Å²) in [5.74, 6) is 1.49. The van der Waals surface area contributed by atoms with Gasteiger partial charge in [0.1, 0.15) is 5.78 Å². The summed E-state index contributed by atoms with van der Waals surface area (Å²) in [6, 6.07) is 0.528. The van der Waals surface area contributed by atoms with Crippen molar-refractivity contribution in [2.45, 2.75) is 109 Å². The molecule has 0 atom stereocenters. The number of hydrogen-bond donors (Lipinski definition) is 0. The van der Waals surface area contributed by atoms with Crippen molar-refractivity contribution < 1.29 is 4.79 Å². The molecule has 2 heteroatoms. The van der Waals surface area contributed by atoms with Gasteiger partial charge in [-0.3, -0.25) is 9.79 Å². The third-order valence-corrected chi connectivity index (χ3v) is 6.42. The van der Waals surface area contributed by atoms with Gasteiger partial charge >= 0.3 is 0 Å². The molecule has 0 spiro atoms. The predicted molar refractivity (Wildman–Crippen MR) is 97.1 cm³/mol. The van der Waals surface area contributed by atoms with Gasteiger partial charge in [0.25, 0.3) is 0 Å². The zero-order chi connectivity index (χ0) is 15.9. The normalized spacial score (nSPS) is 26.3. The molecule has 130 valence electrons. The first-order valence-corrected chi connectivity index (χ1v) is 10.4. The Morgan fingerprint density at radius 2 is 1.13 bits per heavy atom. The summed E-state index contributed by atoms with van der Waals surface area (Å²) in [5.41, 5.74) is 1.31. The highest BCUT2D eigenvalue weighted by Crippen LogP contribution is 2.31. The molecule has 0 aromatic rings. The first-order chi connectivity index (χ1) is 11.3. The number of hydrogen-bond acceptors (Lipinski definition) is 2. The molecule has 3 aliphatic rings. The molecule has 3 rings (SSSR count). The molecule has 0 N–H and O–H groups in total. The maximum atomic E-state index is 12.8. The molecular weight excluding hydrogens is 282 g/mol. The highest BCUT2D eigenvalue weighted by Gasteiger charge is 2.27. The van der Waals surface area contributed by atoms with Crippen LogP contribution in [-0.2, 0) is 4.79 Å². The minimum absolute atomic E-state index is 0.351. The van der Waals surface area contributed by atoms with E-state index in [1.54, 1.807) is 0 Å². The first kappa shape index (κ1) is 17.2. The van der Waals surface area contributed by atoms with E-state index in [0.717, 1.165) is 12.8 Å². The van der Waals surface area contributed by atoms with Gasteiger partial charge in [-0.2, -0.15) is 0 Å². The van der Waals surface area contributed by atoms with Crippen molar-refractivity contribution in [1.29, 1.82) is 0 Å². The molecule has 0 unspecified atom stereocenters. The third-order valence-electron chi connectivity index (χ3n) is 6.42. The third kappa shape index (κ3) is 5.16. The highest BCUT2D eigenvalue weighted by molar-refractivity contribution is 6.04. The van der Waals surface area contributed by atoms with Crippen LogP contribution in [-0.4, -0.2) is 17.5 Å². The maximum absolute atomic E-state index is 12.8. The van der Waals surface area contributed by atoms with E-state index >= 15 is 0 Å². The molecule has 0 aromatic carbocycles. The number of nitrogens with zero attached hydrogens (tertiary/aromatic N) is 1. The van der Waals surface area contributed by atoms with E-state index in [1.807, 2.05) is 0 Å². The van der Waals surface area contributed by atoms with E-state index in [9.17, 15) is 4.79 Å². The second-order valence-corrected chi connectivity index (χ2v) is 8.23. The summed E-state index contributed by atoms with van der Waals surface area (Å²) in [4.78, 5) is 18.0. The van der Waals surface area contributed by atoms with E-state index in [4.69, 9.17) is 4.99 Å². The van der Waals surface area contributed by atoms with Gasteiger partial charge in [-0.1, -0.05) is 57.8 Å². The van der Waals surface area contributed by atoms with Crippen LogP contribution in [0.1, 0.15) is 103 Å². The Hall–Kier alpha value is -0.660. The molecule has 0 radical (unpaired) electrons. The lowest BCUT2D eigenvalue weighted by Crippen LogP contribution is -2.27. The molecule has 3 aliphatic carbocycles. The fourth-order valence-corrected chi connectivity index (χ4v) is 4.92. The Balaban J connectivity index is 1.65. The van der Waals surface area contributed by atoms with E-state index in [1.165, 1.54) is 89.2 Å². The zero-order valence-electron chi connectivity index (χ0n) is 14.9. The van der Waals surface area contributed by atoms with Gasteiger partial charge in [-0.15, -0.1) is 0 Å². The van der Waals surface area contributed by atoms with Crippen LogP contribution in [0.2, 0.25) is 0 Å². The minimum Gasteiger partial charge on any atom is -0.299 e. The van der Waals surface area contributed by atoms with E-state index in [2.05, 4.69) is 0 Å². The summed E-state index contributed by atoms with van der Waals surface area (Å²) in [7, 11) is 0. The van der Waals surface area contributed by atoms with Gasteiger partial charge in [-0.25, -0.2) is 0 Å². The molecule has 0 amide bonds. The molecule has 0 bridgehead atoms. The van der Waals surface area contributed by atoms with Crippen LogP contribution in [0.5, 0.6) is 0 Å². The smallest absolute Gasteiger partial charge is 0.141 e. The molecule has 0 aliphatic heterocycles. The van der Waals surface area contributed by atoms with Crippen LogP contribution >= 0.6 is 0 Å². The average molecular weight is 318 g/mol. The number of Topliss-reactive ketones (excluding diaryl/α,β-unsaturated/α-hetero) is 1. The molecule has 0 heterocycles. The number of ketones is 1. The monoisotopic (exact) mass is 317 g/mol. The van der Waals surface area contributed by atoms with Crippen molar-refractivity contribution in [3.63, 3.8) is 0 Å². The van der Waals surface area contributed by atoms with Crippen molar-refractivity contribution >= 4 is 11.5 Å². The number of carbonyl (C=O) groups is 1. The highest BCUT2D eigenvalue weighted by atomic mass is 16.1. The van der Waals surface area contributed by atoms with Crippen molar-refractivity contribution in [2.24, 2.45) is 16.8 Å². The Labute approximate surface area is 142 Å². The molecule has 0 aromatic heterocycles. The van der Waals surface area contributed by atoms with Crippen molar-refractivity contribution in [3.8, 4) is 0 Å². The maximum Gasteiger partial charge on any atom is 0.141 e. The van der Waals surface area contributed by atoms with E-state index < -0.39 is 0 Å². The standard InChI is InChI=1S/C21H35NO/c23-21(18-12-6-2-7-13-18)16-20(17-10-4-1-5-11-17)22-19-14-8-3-9-15-19/h17-19H,1-16H2. The van der Waals surface area contributed by atoms with Crippen LogP contribution in [0.25, 0.3) is 0 Å². The van der Waals surface area contributed by atoms with Gasteiger partial charge in [0, 0.05) is 24.1 Å². The van der Waals surface area contributed by atoms with Crippen LogP contribution in [0.15, 0.2) is 4.99 Å². The second kappa shape index (κ2) is 8.99. The minimum atomic E-state index is 0.351. The lowest BCUT2D eigenvalue weighted by atomic mass is 9.80. The predicted octanol–water partition coefficient (Wildman–Crippen LogP) is 5.88. The molecule has 3 saturated carbocycles. The van der Waals surface area contributed by atoms with Crippen LogP contribution in [0, 0.1) is 11.8 Å². The second-order valence-electron chi connectivity index (χ2n) is 8.23. The Morgan fingerprint density at radius 1 is 0.652 bits per heavy atom. The summed E-state index contributed by atoms with van der Waals surface area (Å²) in [6.45, 7) is 0. The molecule has 0 saturated heterocycles. The number of rotatable bonds is 5. The lowest BCUT2D eigenvalue weighted by molar-refractivity contribution is -0.122. The Kier molecular flexibility index (Phi) is 6.71. The molecular formula is C21H35NO. The fraction of sp³-hybridized carbons (Fsp3) is 0.905. The summed E-state index contributed by atoms with van der Waals surface area (Å²) >= 11 is 0. The fourth-order valence-electron chi connectivity index (χ4n) is 4.92. The summed E-state index contributed by atoms with van der Waals surface area (Å²) in [5, 5.41) is 0. The number of carbonyl (C=O) groups excluding carboxylic acids is 1. The first-order valence-electron chi connectivity index (χ1n) is 10.4. The van der Waals surface area contributed by atoms with Gasteiger partial charge in [0.15, 0.2) is 0 Å². The lowest BCUT2D eigenvalue weighted by Gasteiger charge is -2.28. The van der Waals surface area contributed by atoms with Crippen LogP contribution in [0.3, 0.4) is 0 Å². The van der Waals surface area contributed by atoms with Crippen molar-refractivity contribution in [1.82, 2.24) is 0 Å². The zero-order valence-corrected chi connectivity index (χ0v) is 14.9. The van der Waals surface area contributed by atoms with Crippen LogP contribution in [0.4, 0.5) is 0 Å². The molecule has 3 fully saturated rings. The van der Waals surface area contributed by atoms with Crippen molar-refractivity contribution in [3.05, 3.63) is 0 Å². The topological polar surface area (TPSA) is 29.4 Å². The van der Waals surface area contributed by atoms with Gasteiger partial charge in [-0.05, 0) is 44.4 Å². The van der Waals surface area contributed by atoms with Gasteiger partial charge < -0.3 is 0 Å². The molecule has 2 nitrogen and oxygen atoms in total. The van der Waals surface area contributed by atoms with E-state index in [0.29, 0.717) is 30.1 Å². The Morgan fingerprint density at radius 3 is 1.70 bits per heavy atom. The van der Waals surface area contributed by atoms with Gasteiger partial charge in [0.05, 0.1) is 0 Å². The largest absolute Gasteiger partial charge is 0.299 e. The van der Waals surface area contributed by atoms with Gasteiger partial charge in [0.2, 0.25) is 0 Å².